The topological polar surface area (TPSA) is 20.2 Å². The Kier molecular flexibility index (Phi) is 5.87. The summed E-state index contributed by atoms with van der Waals surface area (Å²) in [6, 6.07) is 8.18. The predicted octanol–water partition coefficient (Wildman–Crippen LogP) is 4.81. The van der Waals surface area contributed by atoms with Gasteiger partial charge in [0, 0.05) is 4.47 Å². The summed E-state index contributed by atoms with van der Waals surface area (Å²) in [4.78, 5) is 0. The van der Waals surface area contributed by atoms with Crippen LogP contribution in [0, 0.1) is 11.3 Å². The zero-order chi connectivity index (χ0) is 13.8. The van der Waals surface area contributed by atoms with Crippen molar-refractivity contribution >= 4 is 15.9 Å². The number of aliphatic hydroxyl groups is 1. The molecule has 1 aromatic rings. The molecule has 2 unspecified atom stereocenters. The molecule has 102 valence electrons. The molecule has 2 atom stereocenters. The average Bonchev–Trinajstić information content (AvgIpc) is 2.13. The van der Waals surface area contributed by atoms with Gasteiger partial charge in [0.05, 0.1) is 6.10 Å². The van der Waals surface area contributed by atoms with Gasteiger partial charge in [-0.15, -0.1) is 0 Å². The molecule has 0 heterocycles. The Balaban J connectivity index is 2.44. The summed E-state index contributed by atoms with van der Waals surface area (Å²) in [7, 11) is 0. The highest BCUT2D eigenvalue weighted by Crippen LogP contribution is 2.27. The van der Waals surface area contributed by atoms with Gasteiger partial charge in [-0.3, -0.25) is 0 Å². The first kappa shape index (κ1) is 15.7. The first-order valence-corrected chi connectivity index (χ1v) is 7.48. The number of benzene rings is 1. The summed E-state index contributed by atoms with van der Waals surface area (Å²) >= 11 is 3.46. The largest absolute Gasteiger partial charge is 0.393 e. The molecule has 0 saturated carbocycles. The maximum atomic E-state index is 10.1. The van der Waals surface area contributed by atoms with Crippen LogP contribution >= 0.6 is 15.9 Å². The lowest BCUT2D eigenvalue weighted by atomic mass is 9.83. The maximum absolute atomic E-state index is 10.1. The van der Waals surface area contributed by atoms with E-state index in [0.717, 1.165) is 23.7 Å². The van der Waals surface area contributed by atoms with E-state index in [2.05, 4.69) is 55.8 Å². The molecule has 0 bridgehead atoms. The monoisotopic (exact) mass is 312 g/mol. The summed E-state index contributed by atoms with van der Waals surface area (Å²) in [5.74, 6) is 0.562. The first-order valence-electron chi connectivity index (χ1n) is 6.69. The van der Waals surface area contributed by atoms with Gasteiger partial charge >= 0.3 is 0 Å². The number of halogens is 1. The van der Waals surface area contributed by atoms with Gasteiger partial charge in [-0.05, 0) is 48.3 Å². The molecule has 2 heteroatoms. The van der Waals surface area contributed by atoms with Crippen LogP contribution < -0.4 is 0 Å². The summed E-state index contributed by atoms with van der Waals surface area (Å²) < 4.78 is 1.08. The minimum absolute atomic E-state index is 0.239. The van der Waals surface area contributed by atoms with Crippen molar-refractivity contribution in [3.8, 4) is 0 Å². The standard InChI is InChI=1S/C16H25BrO/c1-12(11-16(2,3)4)8-15(18)10-13-6-5-7-14(17)9-13/h5-7,9,12,15,18H,8,10-11H2,1-4H3. The Morgan fingerprint density at radius 2 is 1.94 bits per heavy atom. The Hall–Kier alpha value is -0.340. The number of hydrogen-bond acceptors (Lipinski definition) is 1. The summed E-state index contributed by atoms with van der Waals surface area (Å²) in [5, 5.41) is 10.1. The lowest BCUT2D eigenvalue weighted by Crippen LogP contribution is -2.18. The van der Waals surface area contributed by atoms with Crippen LogP contribution in [-0.2, 0) is 6.42 Å². The number of rotatable bonds is 5. The Morgan fingerprint density at radius 3 is 2.50 bits per heavy atom. The maximum Gasteiger partial charge on any atom is 0.0583 e. The minimum Gasteiger partial charge on any atom is -0.393 e. The number of aliphatic hydroxyl groups excluding tert-OH is 1. The van der Waals surface area contributed by atoms with Crippen LogP contribution in [0.4, 0.5) is 0 Å². The Morgan fingerprint density at radius 1 is 1.28 bits per heavy atom. The van der Waals surface area contributed by atoms with E-state index in [4.69, 9.17) is 0 Å². The second-order valence-electron chi connectivity index (χ2n) is 6.59. The van der Waals surface area contributed by atoms with Crippen molar-refractivity contribution in [2.75, 3.05) is 0 Å². The molecule has 0 aliphatic rings. The lowest BCUT2D eigenvalue weighted by molar-refractivity contribution is 0.133. The van der Waals surface area contributed by atoms with Gasteiger partial charge in [-0.1, -0.05) is 55.8 Å². The van der Waals surface area contributed by atoms with Crippen molar-refractivity contribution in [3.63, 3.8) is 0 Å². The molecule has 1 nitrogen and oxygen atoms in total. The molecule has 1 rings (SSSR count). The molecule has 0 aromatic heterocycles. The van der Waals surface area contributed by atoms with Crippen LogP contribution in [0.5, 0.6) is 0 Å². The van der Waals surface area contributed by atoms with Gasteiger partial charge in [0.1, 0.15) is 0 Å². The average molecular weight is 313 g/mol. The van der Waals surface area contributed by atoms with Gasteiger partial charge in [0.15, 0.2) is 0 Å². The molecule has 18 heavy (non-hydrogen) atoms. The van der Waals surface area contributed by atoms with Gasteiger partial charge in [0.2, 0.25) is 0 Å². The second-order valence-corrected chi connectivity index (χ2v) is 7.51. The summed E-state index contributed by atoms with van der Waals surface area (Å²) in [6.45, 7) is 8.99. The third kappa shape index (κ3) is 6.55. The third-order valence-electron chi connectivity index (χ3n) is 3.00. The molecule has 0 radical (unpaired) electrons. The lowest BCUT2D eigenvalue weighted by Gasteiger charge is -2.25. The van der Waals surface area contributed by atoms with Crippen LogP contribution in [0.25, 0.3) is 0 Å². The molecular formula is C16H25BrO. The van der Waals surface area contributed by atoms with Crippen molar-refractivity contribution in [1.29, 1.82) is 0 Å². The Bertz CT molecular complexity index is 368. The van der Waals surface area contributed by atoms with Gasteiger partial charge in [-0.2, -0.15) is 0 Å². The number of hydrogen-bond donors (Lipinski definition) is 1. The first-order chi connectivity index (χ1) is 8.26. The van der Waals surface area contributed by atoms with E-state index in [0.29, 0.717) is 11.3 Å². The van der Waals surface area contributed by atoms with Crippen molar-refractivity contribution in [2.45, 2.75) is 53.1 Å². The molecule has 1 N–H and O–H groups in total. The normalized spacial score (nSPS) is 15.4. The fourth-order valence-corrected chi connectivity index (χ4v) is 3.06. The fraction of sp³-hybridized carbons (Fsp3) is 0.625. The predicted molar refractivity (Wildman–Crippen MR) is 81.7 cm³/mol. The van der Waals surface area contributed by atoms with Crippen molar-refractivity contribution in [3.05, 3.63) is 34.3 Å². The highest BCUT2D eigenvalue weighted by Gasteiger charge is 2.18. The van der Waals surface area contributed by atoms with Gasteiger partial charge < -0.3 is 5.11 Å². The van der Waals surface area contributed by atoms with Crippen LogP contribution in [0.15, 0.2) is 28.7 Å². The van der Waals surface area contributed by atoms with Crippen LogP contribution in [-0.4, -0.2) is 11.2 Å². The highest BCUT2D eigenvalue weighted by molar-refractivity contribution is 9.10. The fourth-order valence-electron chi connectivity index (χ4n) is 2.61. The van der Waals surface area contributed by atoms with Crippen LogP contribution in [0.1, 0.15) is 46.1 Å². The van der Waals surface area contributed by atoms with E-state index >= 15 is 0 Å². The highest BCUT2D eigenvalue weighted by atomic mass is 79.9. The zero-order valence-corrected chi connectivity index (χ0v) is 13.5. The molecule has 0 aliphatic heterocycles. The molecule has 0 saturated heterocycles. The van der Waals surface area contributed by atoms with Gasteiger partial charge in [-0.25, -0.2) is 0 Å². The van der Waals surface area contributed by atoms with E-state index in [1.807, 2.05) is 12.1 Å². The molecule has 0 spiro atoms. The SMILES string of the molecule is CC(CC(O)Cc1cccc(Br)c1)CC(C)(C)C. The van der Waals surface area contributed by atoms with Crippen molar-refractivity contribution < 1.29 is 5.11 Å². The quantitative estimate of drug-likeness (QED) is 0.826. The van der Waals surface area contributed by atoms with Crippen molar-refractivity contribution in [1.82, 2.24) is 0 Å². The van der Waals surface area contributed by atoms with E-state index < -0.39 is 0 Å². The zero-order valence-electron chi connectivity index (χ0n) is 11.9. The molecule has 0 aliphatic carbocycles. The summed E-state index contributed by atoms with van der Waals surface area (Å²) in [5.41, 5.74) is 1.54. The summed E-state index contributed by atoms with van der Waals surface area (Å²) in [6.07, 6.45) is 2.54. The van der Waals surface area contributed by atoms with Crippen molar-refractivity contribution in [2.24, 2.45) is 11.3 Å². The van der Waals surface area contributed by atoms with E-state index in [1.165, 1.54) is 5.56 Å². The Labute approximate surface area is 120 Å². The molecule has 0 amide bonds. The second kappa shape index (κ2) is 6.72. The molecule has 0 fully saturated rings. The van der Waals surface area contributed by atoms with Crippen LogP contribution in [0.2, 0.25) is 0 Å². The van der Waals surface area contributed by atoms with Crippen LogP contribution in [0.3, 0.4) is 0 Å². The van der Waals surface area contributed by atoms with E-state index in [-0.39, 0.29) is 6.10 Å². The minimum atomic E-state index is -0.239. The third-order valence-corrected chi connectivity index (χ3v) is 3.49. The van der Waals surface area contributed by atoms with Gasteiger partial charge in [0.25, 0.3) is 0 Å². The smallest absolute Gasteiger partial charge is 0.0583 e. The molecule has 1 aromatic carbocycles. The van der Waals surface area contributed by atoms with E-state index in [1.54, 1.807) is 0 Å². The molecular weight excluding hydrogens is 288 g/mol. The van der Waals surface area contributed by atoms with E-state index in [9.17, 15) is 5.11 Å².